The molecule has 1 amide bonds. The molecule has 110 valence electrons. The van der Waals surface area contributed by atoms with Crippen LogP contribution < -0.4 is 0 Å². The number of likely N-dealkylation sites (N-methyl/N-ethyl adjacent to an activating group) is 1. The van der Waals surface area contributed by atoms with Crippen molar-refractivity contribution in [3.63, 3.8) is 0 Å². The smallest absolute Gasteiger partial charge is 0.311 e. The van der Waals surface area contributed by atoms with Crippen LogP contribution in [-0.4, -0.2) is 34.4 Å². The number of aromatic hydroxyl groups is 1. The second kappa shape index (κ2) is 6.36. The number of nitro groups is 1. The summed E-state index contributed by atoms with van der Waals surface area (Å²) in [7, 11) is 1.61. The molecule has 0 saturated carbocycles. The van der Waals surface area contributed by atoms with Gasteiger partial charge in [0.05, 0.1) is 10.5 Å². The number of thiophene rings is 1. The van der Waals surface area contributed by atoms with Gasteiger partial charge in [0.15, 0.2) is 0 Å². The van der Waals surface area contributed by atoms with Gasteiger partial charge in [-0.3, -0.25) is 14.9 Å². The van der Waals surface area contributed by atoms with Crippen molar-refractivity contribution in [1.29, 1.82) is 0 Å². The second-order valence-electron chi connectivity index (χ2n) is 4.49. The molecule has 0 bridgehead atoms. The van der Waals surface area contributed by atoms with E-state index in [1.165, 1.54) is 17.0 Å². The number of para-hydroxylation sites is 1. The van der Waals surface area contributed by atoms with Gasteiger partial charge < -0.3 is 10.0 Å². The maximum absolute atomic E-state index is 12.2. The predicted molar refractivity (Wildman–Crippen MR) is 79.7 cm³/mol. The van der Waals surface area contributed by atoms with E-state index in [9.17, 15) is 20.0 Å². The van der Waals surface area contributed by atoms with Crippen LogP contribution in [0.15, 0.2) is 35.7 Å². The molecule has 0 fully saturated rings. The lowest BCUT2D eigenvalue weighted by atomic mass is 10.1. The van der Waals surface area contributed by atoms with E-state index in [-0.39, 0.29) is 5.56 Å². The number of rotatable bonds is 5. The lowest BCUT2D eigenvalue weighted by Gasteiger charge is -2.17. The van der Waals surface area contributed by atoms with Gasteiger partial charge in [-0.05, 0) is 23.9 Å². The SMILES string of the molecule is CN(CCc1cccs1)C(=O)c1cccc([N+](=O)[O-])c1O. The van der Waals surface area contributed by atoms with Crippen LogP contribution in [0.1, 0.15) is 15.2 Å². The zero-order valence-electron chi connectivity index (χ0n) is 11.4. The number of phenolic OH excluding ortho intramolecular Hbond substituents is 1. The van der Waals surface area contributed by atoms with Crippen molar-refractivity contribution in [2.45, 2.75) is 6.42 Å². The molecule has 7 heteroatoms. The van der Waals surface area contributed by atoms with Crippen LogP contribution in [0.2, 0.25) is 0 Å². The Balaban J connectivity index is 2.12. The standard InChI is InChI=1S/C14H14N2O4S/c1-15(8-7-10-4-3-9-21-10)14(18)11-5-2-6-12(13(11)17)16(19)20/h2-6,9,17H,7-8H2,1H3. The largest absolute Gasteiger partial charge is 0.502 e. The van der Waals surface area contributed by atoms with Gasteiger partial charge in [0.2, 0.25) is 5.75 Å². The summed E-state index contributed by atoms with van der Waals surface area (Å²) >= 11 is 1.61. The fourth-order valence-electron chi connectivity index (χ4n) is 1.89. The third kappa shape index (κ3) is 3.38. The average Bonchev–Trinajstić information content (AvgIpc) is 2.97. The second-order valence-corrected chi connectivity index (χ2v) is 5.52. The van der Waals surface area contributed by atoms with Crippen molar-refractivity contribution in [3.8, 4) is 5.75 Å². The quantitative estimate of drug-likeness (QED) is 0.680. The van der Waals surface area contributed by atoms with E-state index in [4.69, 9.17) is 0 Å². The number of hydrogen-bond acceptors (Lipinski definition) is 5. The molecule has 1 N–H and O–H groups in total. The molecule has 0 aliphatic heterocycles. The first-order valence-corrected chi connectivity index (χ1v) is 7.13. The first-order valence-electron chi connectivity index (χ1n) is 6.25. The summed E-state index contributed by atoms with van der Waals surface area (Å²) in [5.74, 6) is -1.02. The number of hydrogen-bond donors (Lipinski definition) is 1. The van der Waals surface area contributed by atoms with Crippen molar-refractivity contribution < 1.29 is 14.8 Å². The van der Waals surface area contributed by atoms with Crippen molar-refractivity contribution in [1.82, 2.24) is 4.90 Å². The third-order valence-electron chi connectivity index (χ3n) is 3.06. The summed E-state index contributed by atoms with van der Waals surface area (Å²) < 4.78 is 0. The van der Waals surface area contributed by atoms with Crippen molar-refractivity contribution in [2.75, 3.05) is 13.6 Å². The molecule has 1 aromatic heterocycles. The minimum Gasteiger partial charge on any atom is -0.502 e. The van der Waals surface area contributed by atoms with Crippen molar-refractivity contribution >= 4 is 22.9 Å². The summed E-state index contributed by atoms with van der Waals surface area (Å²) in [5.41, 5.74) is -0.523. The summed E-state index contributed by atoms with van der Waals surface area (Å²) in [6.07, 6.45) is 0.704. The Kier molecular flexibility index (Phi) is 4.54. The molecule has 1 aromatic carbocycles. The third-order valence-corrected chi connectivity index (χ3v) is 4.00. The monoisotopic (exact) mass is 306 g/mol. The molecule has 1 heterocycles. The molecule has 0 aliphatic carbocycles. The fraction of sp³-hybridized carbons (Fsp3) is 0.214. The Labute approximate surface area is 125 Å². The Morgan fingerprint density at radius 3 is 2.76 bits per heavy atom. The van der Waals surface area contributed by atoms with E-state index in [1.807, 2.05) is 17.5 Å². The maximum atomic E-state index is 12.2. The van der Waals surface area contributed by atoms with Gasteiger partial charge in [-0.1, -0.05) is 12.1 Å². The van der Waals surface area contributed by atoms with E-state index >= 15 is 0 Å². The zero-order valence-corrected chi connectivity index (χ0v) is 12.2. The summed E-state index contributed by atoms with van der Waals surface area (Å²) in [6, 6.07) is 7.85. The fourth-order valence-corrected chi connectivity index (χ4v) is 2.59. The lowest BCUT2D eigenvalue weighted by molar-refractivity contribution is -0.385. The molecule has 0 atom stereocenters. The molecule has 6 nitrogen and oxygen atoms in total. The number of carbonyl (C=O) groups excluding carboxylic acids is 1. The molecule has 0 unspecified atom stereocenters. The predicted octanol–water partition coefficient (Wildman–Crippen LogP) is 2.68. The highest BCUT2D eigenvalue weighted by Crippen LogP contribution is 2.29. The van der Waals surface area contributed by atoms with Gasteiger partial charge in [-0.15, -0.1) is 11.3 Å². The molecule has 0 saturated heterocycles. The lowest BCUT2D eigenvalue weighted by Crippen LogP contribution is -2.28. The number of amides is 1. The van der Waals surface area contributed by atoms with Gasteiger partial charge >= 0.3 is 5.69 Å². The van der Waals surface area contributed by atoms with Gasteiger partial charge in [0, 0.05) is 24.5 Å². The van der Waals surface area contributed by atoms with Crippen LogP contribution in [-0.2, 0) is 6.42 Å². The molecule has 21 heavy (non-hydrogen) atoms. The van der Waals surface area contributed by atoms with Gasteiger partial charge in [0.1, 0.15) is 0 Å². The highest BCUT2D eigenvalue weighted by molar-refractivity contribution is 7.09. The number of nitro benzene ring substituents is 1. The van der Waals surface area contributed by atoms with E-state index in [1.54, 1.807) is 18.4 Å². The molecule has 0 aliphatic rings. The van der Waals surface area contributed by atoms with Crippen LogP contribution in [0.4, 0.5) is 5.69 Å². The Hall–Kier alpha value is -2.41. The number of phenols is 1. The van der Waals surface area contributed by atoms with Crippen LogP contribution in [0.5, 0.6) is 5.75 Å². The highest BCUT2D eigenvalue weighted by atomic mass is 32.1. The maximum Gasteiger partial charge on any atom is 0.311 e. The topological polar surface area (TPSA) is 83.7 Å². The minimum atomic E-state index is -0.711. The number of carbonyl (C=O) groups is 1. The summed E-state index contributed by atoms with van der Waals surface area (Å²) in [6.45, 7) is 0.474. The summed E-state index contributed by atoms with van der Waals surface area (Å²) in [5, 5.41) is 22.6. The average molecular weight is 306 g/mol. The molecular formula is C14H14N2O4S. The molecule has 2 aromatic rings. The Morgan fingerprint density at radius 1 is 1.38 bits per heavy atom. The van der Waals surface area contributed by atoms with Crippen LogP contribution in [0.25, 0.3) is 0 Å². The molecular weight excluding hydrogens is 292 g/mol. The van der Waals surface area contributed by atoms with Gasteiger partial charge in [-0.2, -0.15) is 0 Å². The first kappa shape index (κ1) is 15.0. The van der Waals surface area contributed by atoms with Crippen LogP contribution >= 0.6 is 11.3 Å². The minimum absolute atomic E-state index is 0.0575. The van der Waals surface area contributed by atoms with E-state index in [0.29, 0.717) is 13.0 Å². The van der Waals surface area contributed by atoms with E-state index in [0.717, 1.165) is 10.9 Å². The molecule has 0 spiro atoms. The van der Waals surface area contributed by atoms with Gasteiger partial charge in [0.25, 0.3) is 5.91 Å². The van der Waals surface area contributed by atoms with Crippen molar-refractivity contribution in [2.24, 2.45) is 0 Å². The van der Waals surface area contributed by atoms with Crippen LogP contribution in [0, 0.1) is 10.1 Å². The number of benzene rings is 1. The number of nitrogens with zero attached hydrogens (tertiary/aromatic N) is 2. The Bertz CT molecular complexity index is 655. The van der Waals surface area contributed by atoms with Gasteiger partial charge in [-0.25, -0.2) is 0 Å². The van der Waals surface area contributed by atoms with E-state index in [2.05, 4.69) is 0 Å². The summed E-state index contributed by atoms with van der Waals surface area (Å²) in [4.78, 5) is 24.9. The highest BCUT2D eigenvalue weighted by Gasteiger charge is 2.22. The normalized spacial score (nSPS) is 10.3. The Morgan fingerprint density at radius 2 is 2.14 bits per heavy atom. The van der Waals surface area contributed by atoms with E-state index < -0.39 is 22.3 Å². The molecule has 2 rings (SSSR count). The van der Waals surface area contributed by atoms with Crippen molar-refractivity contribution in [3.05, 3.63) is 56.3 Å². The molecule has 0 radical (unpaired) electrons. The first-order chi connectivity index (χ1) is 10.0. The van der Waals surface area contributed by atoms with Crippen LogP contribution in [0.3, 0.4) is 0 Å². The zero-order chi connectivity index (χ0) is 15.4.